The van der Waals surface area contributed by atoms with Crippen LogP contribution in [-0.2, 0) is 14.3 Å². The highest BCUT2D eigenvalue weighted by molar-refractivity contribution is 8.05. The van der Waals surface area contributed by atoms with E-state index in [2.05, 4.69) is 10.3 Å². The fourth-order valence-corrected chi connectivity index (χ4v) is 5.32. The number of hydrogen-bond acceptors (Lipinski definition) is 8. The van der Waals surface area contributed by atoms with Crippen molar-refractivity contribution >= 4 is 29.7 Å². The van der Waals surface area contributed by atoms with Crippen molar-refractivity contribution in [2.75, 3.05) is 13.7 Å². The maximum Gasteiger partial charge on any atom is 0.338 e. The van der Waals surface area contributed by atoms with Gasteiger partial charge in [0.05, 0.1) is 42.0 Å². The SMILES string of the molecule is CCOC(=O)C1=C(C)NC2S/C(=C\c3ccccn3)C(=O)N2C1c1ccc(OC(C)C)c(OC)c1. The van der Waals surface area contributed by atoms with E-state index in [4.69, 9.17) is 14.2 Å². The lowest BCUT2D eigenvalue weighted by atomic mass is 9.93. The van der Waals surface area contributed by atoms with Gasteiger partial charge in [-0.15, -0.1) is 0 Å². The molecule has 1 aromatic heterocycles. The van der Waals surface area contributed by atoms with Crippen molar-refractivity contribution in [2.24, 2.45) is 0 Å². The van der Waals surface area contributed by atoms with E-state index >= 15 is 0 Å². The van der Waals surface area contributed by atoms with Crippen molar-refractivity contribution in [3.63, 3.8) is 0 Å². The van der Waals surface area contributed by atoms with Crippen LogP contribution in [0.5, 0.6) is 11.5 Å². The van der Waals surface area contributed by atoms with Crippen LogP contribution >= 0.6 is 11.8 Å². The second-order valence-electron chi connectivity index (χ2n) is 8.33. The normalized spacial score (nSPS) is 20.7. The van der Waals surface area contributed by atoms with Crippen molar-refractivity contribution < 1.29 is 23.8 Å². The fraction of sp³-hybridized carbons (Fsp3) is 0.346. The van der Waals surface area contributed by atoms with Crippen molar-refractivity contribution in [2.45, 2.75) is 45.3 Å². The molecule has 2 aliphatic heterocycles. The number of rotatable bonds is 7. The lowest BCUT2D eigenvalue weighted by Gasteiger charge is -2.39. The van der Waals surface area contributed by atoms with Crippen molar-refractivity contribution in [3.05, 3.63) is 70.0 Å². The van der Waals surface area contributed by atoms with Gasteiger partial charge in [0.2, 0.25) is 0 Å². The van der Waals surface area contributed by atoms with E-state index in [1.165, 1.54) is 11.8 Å². The molecule has 184 valence electrons. The van der Waals surface area contributed by atoms with Gasteiger partial charge in [-0.25, -0.2) is 4.79 Å². The van der Waals surface area contributed by atoms with E-state index in [1.54, 1.807) is 31.2 Å². The van der Waals surface area contributed by atoms with Crippen LogP contribution in [0.1, 0.15) is 45.0 Å². The Labute approximate surface area is 209 Å². The molecule has 4 rings (SSSR count). The quantitative estimate of drug-likeness (QED) is 0.450. The molecular formula is C26H29N3O5S. The van der Waals surface area contributed by atoms with E-state index < -0.39 is 17.5 Å². The number of aromatic nitrogens is 1. The molecule has 0 radical (unpaired) electrons. The third kappa shape index (κ3) is 5.00. The highest BCUT2D eigenvalue weighted by Gasteiger charge is 2.48. The Morgan fingerprint density at radius 3 is 2.71 bits per heavy atom. The van der Waals surface area contributed by atoms with Gasteiger partial charge in [-0.05, 0) is 63.6 Å². The van der Waals surface area contributed by atoms with Gasteiger partial charge in [-0.2, -0.15) is 0 Å². The van der Waals surface area contributed by atoms with Gasteiger partial charge < -0.3 is 19.5 Å². The van der Waals surface area contributed by atoms with Crippen LogP contribution in [0.25, 0.3) is 6.08 Å². The molecule has 1 N–H and O–H groups in total. The van der Waals surface area contributed by atoms with Crippen molar-refractivity contribution in [1.82, 2.24) is 15.2 Å². The molecule has 35 heavy (non-hydrogen) atoms. The molecule has 3 heterocycles. The van der Waals surface area contributed by atoms with Crippen LogP contribution in [0.2, 0.25) is 0 Å². The van der Waals surface area contributed by atoms with E-state index in [1.807, 2.05) is 57.2 Å². The molecule has 2 aromatic rings. The molecule has 2 unspecified atom stereocenters. The summed E-state index contributed by atoms with van der Waals surface area (Å²) in [6.07, 6.45) is 3.41. The third-order valence-corrected chi connectivity index (χ3v) is 6.67. The van der Waals surface area contributed by atoms with Crippen molar-refractivity contribution in [3.8, 4) is 11.5 Å². The molecular weight excluding hydrogens is 466 g/mol. The number of methoxy groups -OCH3 is 1. The largest absolute Gasteiger partial charge is 0.493 e. The fourth-order valence-electron chi connectivity index (χ4n) is 4.12. The van der Waals surface area contributed by atoms with Crippen LogP contribution in [0.3, 0.4) is 0 Å². The number of hydrogen-bond donors (Lipinski definition) is 1. The van der Waals surface area contributed by atoms with Crippen LogP contribution in [0.15, 0.2) is 58.8 Å². The first kappa shape index (κ1) is 24.7. The molecule has 1 aromatic carbocycles. The zero-order valence-corrected chi connectivity index (χ0v) is 21.2. The minimum Gasteiger partial charge on any atom is -0.493 e. The predicted molar refractivity (Wildman–Crippen MR) is 134 cm³/mol. The van der Waals surface area contributed by atoms with Crippen LogP contribution in [0.4, 0.5) is 0 Å². The number of carbonyl (C=O) groups excluding carboxylic acids is 2. The number of allylic oxidation sites excluding steroid dienone is 1. The summed E-state index contributed by atoms with van der Waals surface area (Å²) in [5.41, 5.74) is 2.07. The summed E-state index contributed by atoms with van der Waals surface area (Å²) < 4.78 is 16.8. The van der Waals surface area contributed by atoms with Crippen LogP contribution < -0.4 is 14.8 Å². The number of ether oxygens (including phenoxy) is 3. The van der Waals surface area contributed by atoms with Gasteiger partial charge in [0.15, 0.2) is 17.0 Å². The van der Waals surface area contributed by atoms with Gasteiger partial charge in [0.25, 0.3) is 5.91 Å². The summed E-state index contributed by atoms with van der Waals surface area (Å²) >= 11 is 1.39. The smallest absolute Gasteiger partial charge is 0.338 e. The highest BCUT2D eigenvalue weighted by Crippen LogP contribution is 2.47. The standard InChI is InChI=1S/C26H29N3O5S/c1-6-33-25(31)22-16(4)28-26-29(24(30)21(35-26)14-18-9-7-8-12-27-18)23(22)17-10-11-19(34-15(2)3)20(13-17)32-5/h7-15,23,26,28H,6H2,1-5H3/b21-14-. The second kappa shape index (κ2) is 10.4. The summed E-state index contributed by atoms with van der Waals surface area (Å²) in [7, 11) is 1.56. The number of thioether (sulfide) groups is 1. The molecule has 0 bridgehead atoms. The zero-order chi connectivity index (χ0) is 25.1. The summed E-state index contributed by atoms with van der Waals surface area (Å²) in [5, 5.41) is 3.31. The minimum atomic E-state index is -0.670. The molecule has 1 amide bonds. The summed E-state index contributed by atoms with van der Waals surface area (Å²) in [5.74, 6) is 0.449. The predicted octanol–water partition coefficient (Wildman–Crippen LogP) is 4.26. The molecule has 1 saturated heterocycles. The van der Waals surface area contributed by atoms with E-state index in [9.17, 15) is 9.59 Å². The molecule has 0 saturated carbocycles. The van der Waals surface area contributed by atoms with E-state index in [0.29, 0.717) is 33.4 Å². The lowest BCUT2D eigenvalue weighted by molar-refractivity contribution is -0.140. The topological polar surface area (TPSA) is 90.0 Å². The number of nitrogens with one attached hydrogen (secondary N) is 1. The Kier molecular flexibility index (Phi) is 7.35. The third-order valence-electron chi connectivity index (χ3n) is 5.56. The minimum absolute atomic E-state index is 0.0360. The maximum atomic E-state index is 13.7. The molecule has 2 atom stereocenters. The van der Waals surface area contributed by atoms with Gasteiger partial charge >= 0.3 is 5.97 Å². The Balaban J connectivity index is 1.80. The first-order valence-electron chi connectivity index (χ1n) is 11.4. The molecule has 0 spiro atoms. The highest BCUT2D eigenvalue weighted by atomic mass is 32.2. The van der Waals surface area contributed by atoms with Gasteiger partial charge in [-0.1, -0.05) is 23.9 Å². The van der Waals surface area contributed by atoms with Gasteiger partial charge in [0, 0.05) is 11.9 Å². The van der Waals surface area contributed by atoms with Crippen molar-refractivity contribution in [1.29, 1.82) is 0 Å². The Hall–Kier alpha value is -3.46. The zero-order valence-electron chi connectivity index (χ0n) is 20.4. The van der Waals surface area contributed by atoms with Crippen LogP contribution in [-0.4, -0.2) is 47.1 Å². The molecule has 1 fully saturated rings. The summed E-state index contributed by atoms with van der Waals surface area (Å²) in [6.45, 7) is 7.68. The maximum absolute atomic E-state index is 13.7. The lowest BCUT2D eigenvalue weighted by Crippen LogP contribution is -2.50. The number of esters is 1. The Morgan fingerprint density at radius 2 is 2.06 bits per heavy atom. The Bertz CT molecular complexity index is 1180. The number of nitrogens with zero attached hydrogens (tertiary/aromatic N) is 2. The van der Waals surface area contributed by atoms with E-state index in [0.717, 1.165) is 5.56 Å². The molecule has 9 heteroatoms. The molecule has 0 aliphatic carbocycles. The Morgan fingerprint density at radius 1 is 1.26 bits per heavy atom. The number of amides is 1. The first-order chi connectivity index (χ1) is 16.8. The van der Waals surface area contributed by atoms with Crippen LogP contribution in [0, 0.1) is 0 Å². The molecule has 8 nitrogen and oxygen atoms in total. The average molecular weight is 496 g/mol. The average Bonchev–Trinajstić information content (AvgIpc) is 3.13. The monoisotopic (exact) mass is 495 g/mol. The van der Waals surface area contributed by atoms with E-state index in [-0.39, 0.29) is 18.6 Å². The van der Waals surface area contributed by atoms with Gasteiger partial charge in [0.1, 0.15) is 0 Å². The molecule has 2 aliphatic rings. The number of benzene rings is 1. The number of carbonyl (C=O) groups is 2. The summed E-state index contributed by atoms with van der Waals surface area (Å²) in [4.78, 5) is 33.3. The van der Waals surface area contributed by atoms with Gasteiger partial charge in [-0.3, -0.25) is 14.7 Å². The second-order valence-corrected chi connectivity index (χ2v) is 9.45. The number of fused-ring (bicyclic) bond motifs is 1. The number of pyridine rings is 1. The summed E-state index contributed by atoms with van der Waals surface area (Å²) in [6, 6.07) is 10.3. The first-order valence-corrected chi connectivity index (χ1v) is 12.3.